The fourth-order valence-corrected chi connectivity index (χ4v) is 3.87. The molecule has 1 fully saturated rings. The molecule has 0 spiro atoms. The Hall–Kier alpha value is -0.540. The highest BCUT2D eigenvalue weighted by atomic mass is 35.5. The van der Waals surface area contributed by atoms with Crippen molar-refractivity contribution in [3.8, 4) is 0 Å². The minimum atomic E-state index is 0.558. The Labute approximate surface area is 128 Å². The van der Waals surface area contributed by atoms with Crippen molar-refractivity contribution in [1.82, 2.24) is 15.1 Å². The molecule has 0 radical (unpaired) electrons. The summed E-state index contributed by atoms with van der Waals surface area (Å²) in [5.74, 6) is 2.09. The lowest BCUT2D eigenvalue weighted by molar-refractivity contribution is 0.218. The van der Waals surface area contributed by atoms with Crippen LogP contribution in [-0.2, 0) is 6.54 Å². The largest absolute Gasteiger partial charge is 0.317 e. The van der Waals surface area contributed by atoms with E-state index >= 15 is 0 Å². The number of hydrogen-bond acceptors (Lipinski definition) is 2. The predicted octanol–water partition coefficient (Wildman–Crippen LogP) is 4.08. The molecule has 1 heterocycles. The van der Waals surface area contributed by atoms with Gasteiger partial charge in [-0.2, -0.15) is 5.10 Å². The second kappa shape index (κ2) is 7.46. The summed E-state index contributed by atoms with van der Waals surface area (Å²) in [6.07, 6.45) is 7.03. The number of aromatic nitrogens is 2. The molecule has 1 saturated carbocycles. The van der Waals surface area contributed by atoms with E-state index in [1.807, 2.05) is 6.20 Å². The first kappa shape index (κ1) is 15.8. The molecule has 3 nitrogen and oxygen atoms in total. The standard InChI is InChI=1S/C16H28ClN3/c1-4-12-7-8-13(10-18-5-2)14(9-12)16-15(17)11-19-20(16)6-3/h11-14,18H,4-10H2,1-3H3. The summed E-state index contributed by atoms with van der Waals surface area (Å²) in [5, 5.41) is 8.82. The van der Waals surface area contributed by atoms with Gasteiger partial charge in [0.05, 0.1) is 16.9 Å². The van der Waals surface area contributed by atoms with E-state index in [4.69, 9.17) is 11.6 Å². The van der Waals surface area contributed by atoms with Gasteiger partial charge in [0.1, 0.15) is 0 Å². The third kappa shape index (κ3) is 3.37. The number of halogens is 1. The monoisotopic (exact) mass is 297 g/mol. The van der Waals surface area contributed by atoms with E-state index in [0.29, 0.717) is 11.8 Å². The van der Waals surface area contributed by atoms with Crippen molar-refractivity contribution in [3.05, 3.63) is 16.9 Å². The molecule has 1 aliphatic carbocycles. The lowest BCUT2D eigenvalue weighted by Gasteiger charge is -2.36. The molecule has 3 unspecified atom stereocenters. The average Bonchev–Trinajstić information content (AvgIpc) is 2.85. The van der Waals surface area contributed by atoms with Gasteiger partial charge in [-0.05, 0) is 44.7 Å². The molecule has 1 aromatic heterocycles. The smallest absolute Gasteiger partial charge is 0.0820 e. The fraction of sp³-hybridized carbons (Fsp3) is 0.812. The van der Waals surface area contributed by atoms with Gasteiger partial charge in [0.2, 0.25) is 0 Å². The number of nitrogens with zero attached hydrogens (tertiary/aromatic N) is 2. The maximum Gasteiger partial charge on any atom is 0.0820 e. The van der Waals surface area contributed by atoms with Crippen molar-refractivity contribution < 1.29 is 0 Å². The minimum Gasteiger partial charge on any atom is -0.317 e. The maximum absolute atomic E-state index is 6.44. The Morgan fingerprint density at radius 1 is 1.35 bits per heavy atom. The molecule has 20 heavy (non-hydrogen) atoms. The second-order valence-electron chi connectivity index (χ2n) is 5.96. The Morgan fingerprint density at radius 3 is 2.80 bits per heavy atom. The van der Waals surface area contributed by atoms with Gasteiger partial charge < -0.3 is 5.32 Å². The molecule has 1 N–H and O–H groups in total. The van der Waals surface area contributed by atoms with Crippen LogP contribution in [0.2, 0.25) is 5.02 Å². The van der Waals surface area contributed by atoms with E-state index in [9.17, 15) is 0 Å². The molecule has 0 bridgehead atoms. The molecule has 0 aromatic carbocycles. The summed E-state index contributed by atoms with van der Waals surface area (Å²) in [5.41, 5.74) is 1.27. The Bertz CT molecular complexity index is 416. The number of rotatable bonds is 6. The number of nitrogens with one attached hydrogen (secondary N) is 1. The van der Waals surface area contributed by atoms with Gasteiger partial charge in [-0.25, -0.2) is 0 Å². The quantitative estimate of drug-likeness (QED) is 0.857. The molecule has 0 amide bonds. The van der Waals surface area contributed by atoms with E-state index < -0.39 is 0 Å². The van der Waals surface area contributed by atoms with Gasteiger partial charge in [0.25, 0.3) is 0 Å². The third-order valence-electron chi connectivity index (χ3n) is 4.82. The zero-order valence-corrected chi connectivity index (χ0v) is 13.8. The summed E-state index contributed by atoms with van der Waals surface area (Å²) in [6.45, 7) is 9.68. The van der Waals surface area contributed by atoms with Crippen molar-refractivity contribution >= 4 is 11.6 Å². The summed E-state index contributed by atoms with van der Waals surface area (Å²) < 4.78 is 2.10. The van der Waals surface area contributed by atoms with Crippen molar-refractivity contribution in [1.29, 1.82) is 0 Å². The van der Waals surface area contributed by atoms with Crippen molar-refractivity contribution in [3.63, 3.8) is 0 Å². The van der Waals surface area contributed by atoms with E-state index in [-0.39, 0.29) is 0 Å². The topological polar surface area (TPSA) is 29.9 Å². The zero-order valence-electron chi connectivity index (χ0n) is 13.0. The van der Waals surface area contributed by atoms with Crippen molar-refractivity contribution in [2.75, 3.05) is 13.1 Å². The summed E-state index contributed by atoms with van der Waals surface area (Å²) in [7, 11) is 0. The molecule has 2 rings (SSSR count). The van der Waals surface area contributed by atoms with E-state index in [0.717, 1.165) is 30.6 Å². The van der Waals surface area contributed by atoms with Crippen LogP contribution in [0.5, 0.6) is 0 Å². The molecule has 3 atom stereocenters. The zero-order chi connectivity index (χ0) is 14.5. The molecule has 1 aliphatic rings. The molecule has 0 aliphatic heterocycles. The van der Waals surface area contributed by atoms with E-state index in [1.165, 1.54) is 31.4 Å². The Morgan fingerprint density at radius 2 is 2.15 bits per heavy atom. The lowest BCUT2D eigenvalue weighted by Crippen LogP contribution is -2.33. The Balaban J connectivity index is 2.23. The van der Waals surface area contributed by atoms with Gasteiger partial charge in [0, 0.05) is 12.5 Å². The second-order valence-corrected chi connectivity index (χ2v) is 6.36. The fourth-order valence-electron chi connectivity index (χ4n) is 3.59. The molecule has 114 valence electrons. The van der Waals surface area contributed by atoms with Crippen molar-refractivity contribution in [2.24, 2.45) is 11.8 Å². The van der Waals surface area contributed by atoms with Crippen LogP contribution in [0.3, 0.4) is 0 Å². The highest BCUT2D eigenvalue weighted by Gasteiger charge is 2.33. The van der Waals surface area contributed by atoms with Gasteiger partial charge in [-0.3, -0.25) is 4.68 Å². The van der Waals surface area contributed by atoms with Crippen LogP contribution in [0.25, 0.3) is 0 Å². The minimum absolute atomic E-state index is 0.558. The lowest BCUT2D eigenvalue weighted by atomic mass is 9.71. The highest BCUT2D eigenvalue weighted by molar-refractivity contribution is 6.31. The SMILES string of the molecule is CCNCC1CCC(CC)CC1c1c(Cl)cnn1CC. The van der Waals surface area contributed by atoms with Gasteiger partial charge in [0.15, 0.2) is 0 Å². The third-order valence-corrected chi connectivity index (χ3v) is 5.11. The van der Waals surface area contributed by atoms with Crippen LogP contribution in [0.15, 0.2) is 6.20 Å². The number of hydrogen-bond donors (Lipinski definition) is 1. The van der Waals surface area contributed by atoms with E-state index in [1.54, 1.807) is 0 Å². The first-order valence-electron chi connectivity index (χ1n) is 8.13. The van der Waals surface area contributed by atoms with Crippen LogP contribution < -0.4 is 5.32 Å². The summed E-state index contributed by atoms with van der Waals surface area (Å²) >= 11 is 6.44. The summed E-state index contributed by atoms with van der Waals surface area (Å²) in [6, 6.07) is 0. The molecular formula is C16H28ClN3. The van der Waals surface area contributed by atoms with Crippen LogP contribution >= 0.6 is 11.6 Å². The van der Waals surface area contributed by atoms with Gasteiger partial charge in [-0.1, -0.05) is 38.3 Å². The normalized spacial score (nSPS) is 26.9. The van der Waals surface area contributed by atoms with Crippen LogP contribution in [-0.4, -0.2) is 22.9 Å². The van der Waals surface area contributed by atoms with Crippen molar-refractivity contribution in [2.45, 2.75) is 58.9 Å². The average molecular weight is 298 g/mol. The predicted molar refractivity (Wildman–Crippen MR) is 85.3 cm³/mol. The van der Waals surface area contributed by atoms with Gasteiger partial charge in [-0.15, -0.1) is 0 Å². The summed E-state index contributed by atoms with van der Waals surface area (Å²) in [4.78, 5) is 0. The molecule has 0 saturated heterocycles. The van der Waals surface area contributed by atoms with Gasteiger partial charge >= 0.3 is 0 Å². The van der Waals surface area contributed by atoms with E-state index in [2.05, 4.69) is 35.9 Å². The van der Waals surface area contributed by atoms with Crippen LogP contribution in [0, 0.1) is 11.8 Å². The molecule has 1 aromatic rings. The first-order chi connectivity index (χ1) is 9.71. The number of aryl methyl sites for hydroxylation is 1. The van der Waals surface area contributed by atoms with Crippen LogP contribution in [0.4, 0.5) is 0 Å². The molecule has 4 heteroatoms. The highest BCUT2D eigenvalue weighted by Crippen LogP contribution is 2.43. The molecular weight excluding hydrogens is 270 g/mol. The first-order valence-corrected chi connectivity index (χ1v) is 8.50. The van der Waals surface area contributed by atoms with Crippen LogP contribution in [0.1, 0.15) is 58.1 Å². The Kier molecular flexibility index (Phi) is 5.91. The maximum atomic E-state index is 6.44.